The van der Waals surface area contributed by atoms with E-state index in [2.05, 4.69) is 10.4 Å². The molecule has 0 aliphatic carbocycles. The van der Waals surface area contributed by atoms with Crippen molar-refractivity contribution in [2.75, 3.05) is 25.5 Å². The molecule has 1 fully saturated rings. The van der Waals surface area contributed by atoms with Crippen molar-refractivity contribution in [2.45, 2.75) is 37.6 Å². The minimum Gasteiger partial charge on any atom is -0.495 e. The van der Waals surface area contributed by atoms with Gasteiger partial charge in [-0.1, -0.05) is 24.6 Å². The van der Waals surface area contributed by atoms with E-state index in [1.165, 1.54) is 23.5 Å². The average Bonchev–Trinajstić information content (AvgIpc) is 2.83. The average molecular weight is 471 g/mol. The zero-order chi connectivity index (χ0) is 23.6. The molecule has 3 aromatic rings. The summed E-state index contributed by atoms with van der Waals surface area (Å²) in [6, 6.07) is 11.6. The number of ether oxygens (including phenoxy) is 1. The first kappa shape index (κ1) is 22.9. The lowest BCUT2D eigenvalue weighted by atomic mass is 10.1. The predicted molar refractivity (Wildman–Crippen MR) is 125 cm³/mol. The van der Waals surface area contributed by atoms with Gasteiger partial charge in [-0.15, -0.1) is 0 Å². The number of nitrogens with zero attached hydrogens (tertiary/aromatic N) is 3. The summed E-state index contributed by atoms with van der Waals surface area (Å²) in [6.45, 7) is 2.39. The van der Waals surface area contributed by atoms with Crippen molar-refractivity contribution < 1.29 is 17.9 Å². The lowest BCUT2D eigenvalue weighted by Gasteiger charge is -2.26. The molecular weight excluding hydrogens is 444 g/mol. The van der Waals surface area contributed by atoms with Crippen LogP contribution in [0.15, 0.2) is 52.2 Å². The number of aromatic nitrogens is 2. The van der Waals surface area contributed by atoms with E-state index in [1.54, 1.807) is 25.1 Å². The zero-order valence-corrected chi connectivity index (χ0v) is 19.4. The fraction of sp³-hybridized carbons (Fsp3) is 0.348. The molecule has 1 aliphatic heterocycles. The van der Waals surface area contributed by atoms with E-state index in [1.807, 2.05) is 12.1 Å². The Kier molecular flexibility index (Phi) is 6.48. The maximum atomic E-state index is 13.2. The number of nitrogens with one attached hydrogen (secondary N) is 1. The van der Waals surface area contributed by atoms with Gasteiger partial charge in [0, 0.05) is 24.2 Å². The van der Waals surface area contributed by atoms with E-state index in [4.69, 9.17) is 4.74 Å². The molecule has 2 aromatic carbocycles. The number of amides is 1. The van der Waals surface area contributed by atoms with Crippen molar-refractivity contribution in [1.82, 2.24) is 14.1 Å². The molecule has 10 heteroatoms. The maximum Gasteiger partial charge on any atom is 0.275 e. The Hall–Kier alpha value is -3.24. The van der Waals surface area contributed by atoms with Gasteiger partial charge < -0.3 is 10.1 Å². The van der Waals surface area contributed by atoms with Crippen LogP contribution >= 0.6 is 0 Å². The third kappa shape index (κ3) is 4.62. The van der Waals surface area contributed by atoms with Gasteiger partial charge in [-0.05, 0) is 44.0 Å². The molecule has 2 heterocycles. The Morgan fingerprint density at radius 1 is 1.09 bits per heavy atom. The highest BCUT2D eigenvalue weighted by molar-refractivity contribution is 7.89. The van der Waals surface area contributed by atoms with Crippen molar-refractivity contribution >= 4 is 32.4 Å². The standard InChI is InChI=1S/C23H26N4O5S/c1-16-18-8-4-5-9-19(18)23(29)27(25-16)15-22(28)24-17-10-11-20(32-2)21(14-17)33(30,31)26-12-6-3-7-13-26/h4-5,8-11,14H,3,6-7,12-13,15H2,1-2H3,(H,24,28). The summed E-state index contributed by atoms with van der Waals surface area (Å²) in [5.41, 5.74) is 0.564. The van der Waals surface area contributed by atoms with Gasteiger partial charge in [0.25, 0.3) is 5.56 Å². The number of benzene rings is 2. The van der Waals surface area contributed by atoms with Crippen LogP contribution < -0.4 is 15.6 Å². The number of fused-ring (bicyclic) bond motifs is 1. The van der Waals surface area contributed by atoms with Crippen LogP contribution in [0.4, 0.5) is 5.69 Å². The second kappa shape index (κ2) is 9.32. The quantitative estimate of drug-likeness (QED) is 0.593. The zero-order valence-electron chi connectivity index (χ0n) is 18.6. The van der Waals surface area contributed by atoms with Gasteiger partial charge >= 0.3 is 0 Å². The highest BCUT2D eigenvalue weighted by Gasteiger charge is 2.29. The number of hydrogen-bond acceptors (Lipinski definition) is 6. The first-order valence-electron chi connectivity index (χ1n) is 10.8. The van der Waals surface area contributed by atoms with Crippen LogP contribution in [0, 0.1) is 6.92 Å². The summed E-state index contributed by atoms with van der Waals surface area (Å²) in [5, 5.41) is 8.14. The summed E-state index contributed by atoms with van der Waals surface area (Å²) < 4.78 is 34.2. The van der Waals surface area contributed by atoms with Gasteiger partial charge in [-0.2, -0.15) is 9.40 Å². The van der Waals surface area contributed by atoms with Crippen molar-refractivity contribution in [1.29, 1.82) is 0 Å². The molecule has 33 heavy (non-hydrogen) atoms. The van der Waals surface area contributed by atoms with Gasteiger partial charge in [-0.25, -0.2) is 13.1 Å². The lowest BCUT2D eigenvalue weighted by Crippen LogP contribution is -2.35. The van der Waals surface area contributed by atoms with Gasteiger partial charge in [0.1, 0.15) is 17.2 Å². The highest BCUT2D eigenvalue weighted by atomic mass is 32.2. The molecule has 4 rings (SSSR count). The molecule has 1 aromatic heterocycles. The number of rotatable bonds is 6. The number of carbonyl (C=O) groups is 1. The molecule has 1 amide bonds. The van der Waals surface area contributed by atoms with Crippen molar-refractivity contribution in [3.63, 3.8) is 0 Å². The summed E-state index contributed by atoms with van der Waals surface area (Å²) in [4.78, 5) is 25.4. The Morgan fingerprint density at radius 3 is 2.48 bits per heavy atom. The summed E-state index contributed by atoms with van der Waals surface area (Å²) in [7, 11) is -2.36. The predicted octanol–water partition coefficient (Wildman–Crippen LogP) is 2.53. The maximum absolute atomic E-state index is 13.2. The largest absolute Gasteiger partial charge is 0.495 e. The van der Waals surface area contributed by atoms with E-state index < -0.39 is 15.9 Å². The van der Waals surface area contributed by atoms with Crippen LogP contribution in [-0.2, 0) is 21.4 Å². The van der Waals surface area contributed by atoms with Crippen LogP contribution in [-0.4, -0.2) is 48.6 Å². The molecule has 1 aliphatic rings. The van der Waals surface area contributed by atoms with Gasteiger partial charge in [-0.3, -0.25) is 9.59 Å². The molecule has 1 saturated heterocycles. The lowest BCUT2D eigenvalue weighted by molar-refractivity contribution is -0.117. The smallest absolute Gasteiger partial charge is 0.275 e. The second-order valence-corrected chi connectivity index (χ2v) is 9.88. The third-order valence-electron chi connectivity index (χ3n) is 5.73. The summed E-state index contributed by atoms with van der Waals surface area (Å²) in [5.74, 6) is -0.285. The summed E-state index contributed by atoms with van der Waals surface area (Å²) >= 11 is 0. The fourth-order valence-corrected chi connectivity index (χ4v) is 5.75. The van der Waals surface area contributed by atoms with Crippen LogP contribution in [0.25, 0.3) is 10.8 Å². The molecule has 1 N–H and O–H groups in total. The first-order valence-corrected chi connectivity index (χ1v) is 12.2. The minimum atomic E-state index is -3.77. The van der Waals surface area contributed by atoms with E-state index in [0.717, 1.165) is 29.3 Å². The first-order chi connectivity index (χ1) is 15.8. The monoisotopic (exact) mass is 470 g/mol. The molecule has 9 nitrogen and oxygen atoms in total. The number of piperidine rings is 1. The van der Waals surface area contributed by atoms with E-state index >= 15 is 0 Å². The van der Waals surface area contributed by atoms with Crippen molar-refractivity contribution in [3.05, 3.63) is 58.5 Å². The molecule has 0 spiro atoms. The number of methoxy groups -OCH3 is 1. The van der Waals surface area contributed by atoms with Crippen LogP contribution in [0.2, 0.25) is 0 Å². The Balaban J connectivity index is 1.59. The van der Waals surface area contributed by atoms with Gasteiger partial charge in [0.2, 0.25) is 15.9 Å². The third-order valence-corrected chi connectivity index (χ3v) is 7.65. The minimum absolute atomic E-state index is 0.00143. The van der Waals surface area contributed by atoms with Crippen LogP contribution in [0.3, 0.4) is 0 Å². The molecule has 0 atom stereocenters. The topological polar surface area (TPSA) is 111 Å². The molecule has 174 valence electrons. The second-order valence-electron chi connectivity index (χ2n) is 7.97. The van der Waals surface area contributed by atoms with E-state index in [0.29, 0.717) is 29.9 Å². The number of sulfonamides is 1. The Bertz CT molecular complexity index is 1360. The van der Waals surface area contributed by atoms with Crippen molar-refractivity contribution in [3.8, 4) is 5.75 Å². The summed E-state index contributed by atoms with van der Waals surface area (Å²) in [6.07, 6.45) is 2.62. The number of hydrogen-bond donors (Lipinski definition) is 1. The Labute approximate surface area is 192 Å². The van der Waals surface area contributed by atoms with Gasteiger partial charge in [0.05, 0.1) is 18.2 Å². The van der Waals surface area contributed by atoms with Crippen LogP contribution in [0.5, 0.6) is 5.75 Å². The van der Waals surface area contributed by atoms with E-state index in [-0.39, 0.29) is 22.7 Å². The van der Waals surface area contributed by atoms with Crippen molar-refractivity contribution in [2.24, 2.45) is 0 Å². The Morgan fingerprint density at radius 2 is 1.79 bits per heavy atom. The molecule has 0 saturated carbocycles. The number of carbonyl (C=O) groups excluding carboxylic acids is 1. The fourth-order valence-electron chi connectivity index (χ4n) is 4.05. The molecular formula is C23H26N4O5S. The molecule has 0 bridgehead atoms. The van der Waals surface area contributed by atoms with Gasteiger partial charge in [0.15, 0.2) is 0 Å². The normalized spacial score (nSPS) is 14.8. The molecule has 0 radical (unpaired) electrons. The van der Waals surface area contributed by atoms with Crippen LogP contribution in [0.1, 0.15) is 25.0 Å². The molecule has 0 unspecified atom stereocenters. The van der Waals surface area contributed by atoms with E-state index in [9.17, 15) is 18.0 Å². The highest BCUT2D eigenvalue weighted by Crippen LogP contribution is 2.31. The SMILES string of the molecule is COc1ccc(NC(=O)Cn2nc(C)c3ccccc3c2=O)cc1S(=O)(=O)N1CCCCC1. The number of aryl methyl sites for hydroxylation is 1. The number of anilines is 1.